The minimum Gasteiger partial charge on any atom is -0.448 e. The van der Waals surface area contributed by atoms with E-state index in [0.29, 0.717) is 71.8 Å². The lowest BCUT2D eigenvalue weighted by molar-refractivity contribution is -0.133. The number of benzene rings is 4. The molecule has 0 unspecified atom stereocenters. The van der Waals surface area contributed by atoms with E-state index in [2.05, 4.69) is 64.1 Å². The number of fused-ring (bicyclic) bond motifs is 7. The molecule has 364 valence electrons. The third kappa shape index (κ3) is 10.6. The second-order valence-electron chi connectivity index (χ2n) is 18.4. The fourth-order valence-corrected chi connectivity index (χ4v) is 10.3. The number of hydrogen-bond donors (Lipinski definition) is 0. The second-order valence-corrected chi connectivity index (χ2v) is 18.4. The van der Waals surface area contributed by atoms with Crippen molar-refractivity contribution in [2.24, 2.45) is 0 Å². The van der Waals surface area contributed by atoms with E-state index in [9.17, 15) is 19.2 Å². The molecule has 1 fully saturated rings. The molecule has 0 bridgehead atoms. The molecule has 0 atom stereocenters. The van der Waals surface area contributed by atoms with Crippen LogP contribution >= 0.6 is 0 Å². The van der Waals surface area contributed by atoms with Gasteiger partial charge in [0.15, 0.2) is 0 Å². The van der Waals surface area contributed by atoms with Crippen LogP contribution in [-0.2, 0) is 41.6 Å². The summed E-state index contributed by atoms with van der Waals surface area (Å²) in [4.78, 5) is 61.2. The van der Waals surface area contributed by atoms with Crippen LogP contribution in [0, 0.1) is 0 Å². The minimum absolute atomic E-state index is 0.0205. The maximum atomic E-state index is 14.1. The SMILES string of the molecule is CC(=O)CCOCCOCCN(C(=O)OCC1c2ccccc2-c2ccccc21)C1CCN(C(=O)CCn2c(CN(C)N(C)C(=O)OCC3c4ccccc4-c4ccccc43)cc3cccnc32)CC1. The van der Waals surface area contributed by atoms with Gasteiger partial charge in [-0.3, -0.25) is 9.59 Å². The Hall–Kier alpha value is -6.87. The summed E-state index contributed by atoms with van der Waals surface area (Å²) < 4.78 is 25.6. The molecule has 2 aromatic heterocycles. The monoisotopic (exact) mass is 946 g/mol. The normalized spacial score (nSPS) is 14.3. The number of amides is 3. The standard InChI is InChI=1S/C56H62N6O8/c1-39(63)25-31-67-33-34-68-32-30-62(56(66)70-38-52-49-20-10-6-16-45(49)46-17-7-11-21-50(46)52)41-22-27-60(28-23-41)53(64)24-29-61-42(35-40-13-12-26-57-54(40)61)36-58(2)59(3)55(65)69-37-51-47-18-8-4-14-43(47)44-15-5-9-19-48(44)51/h4-21,26,35,41,51-52H,22-25,27-34,36-38H2,1-3H3. The maximum absolute atomic E-state index is 14.1. The van der Waals surface area contributed by atoms with Gasteiger partial charge in [0, 0.05) is 88.3 Å². The number of nitrogens with zero attached hydrogens (tertiary/aromatic N) is 6. The molecule has 3 amide bonds. The minimum atomic E-state index is -0.458. The number of likely N-dealkylation sites (tertiary alicyclic amines) is 1. The molecule has 0 radical (unpaired) electrons. The van der Waals surface area contributed by atoms with Crippen LogP contribution in [0.1, 0.15) is 72.4 Å². The van der Waals surface area contributed by atoms with Gasteiger partial charge in [0.2, 0.25) is 5.91 Å². The van der Waals surface area contributed by atoms with Crippen molar-refractivity contribution in [2.75, 3.05) is 73.4 Å². The van der Waals surface area contributed by atoms with Gasteiger partial charge < -0.3 is 33.3 Å². The van der Waals surface area contributed by atoms with Crippen molar-refractivity contribution in [3.8, 4) is 22.3 Å². The van der Waals surface area contributed by atoms with E-state index in [1.807, 2.05) is 77.6 Å². The van der Waals surface area contributed by atoms with Crippen LogP contribution in [-0.4, -0.2) is 133 Å². The molecule has 0 saturated carbocycles. The first kappa shape index (κ1) is 48.2. The number of piperidine rings is 1. The zero-order chi connectivity index (χ0) is 48.6. The van der Waals surface area contributed by atoms with Crippen molar-refractivity contribution in [1.29, 1.82) is 0 Å². The second kappa shape index (κ2) is 22.3. The highest BCUT2D eigenvalue weighted by molar-refractivity contribution is 5.81. The van der Waals surface area contributed by atoms with Crippen molar-refractivity contribution in [2.45, 2.75) is 63.6 Å². The lowest BCUT2D eigenvalue weighted by atomic mass is 9.98. The van der Waals surface area contributed by atoms with Crippen molar-refractivity contribution in [3.63, 3.8) is 0 Å². The quantitative estimate of drug-likeness (QED) is 0.0539. The number of Topliss-reactive ketones (excluding diaryl/α,β-unsaturated/α-hetero) is 1. The molecule has 0 N–H and O–H groups in total. The van der Waals surface area contributed by atoms with Gasteiger partial charge >= 0.3 is 12.2 Å². The summed E-state index contributed by atoms with van der Waals surface area (Å²) in [6.45, 7) is 5.37. The molecule has 9 rings (SSSR count). The number of ether oxygens (including phenoxy) is 4. The molecule has 3 heterocycles. The number of rotatable bonds is 20. The number of carbonyl (C=O) groups excluding carboxylic acids is 4. The predicted octanol–water partition coefficient (Wildman–Crippen LogP) is 8.91. The Morgan fingerprint density at radius 2 is 1.17 bits per heavy atom. The van der Waals surface area contributed by atoms with Crippen LogP contribution in [0.15, 0.2) is 121 Å². The summed E-state index contributed by atoms with van der Waals surface area (Å²) in [5, 5.41) is 4.25. The van der Waals surface area contributed by atoms with E-state index in [-0.39, 0.29) is 55.8 Å². The fraction of sp³-hybridized carbons (Fsp3) is 0.375. The molecule has 70 heavy (non-hydrogen) atoms. The van der Waals surface area contributed by atoms with Gasteiger partial charge in [0.05, 0.1) is 33.0 Å². The highest BCUT2D eigenvalue weighted by Crippen LogP contribution is 2.46. The average molecular weight is 947 g/mol. The summed E-state index contributed by atoms with van der Waals surface area (Å²) in [5.41, 5.74) is 10.9. The zero-order valence-electron chi connectivity index (χ0n) is 40.3. The first-order valence-electron chi connectivity index (χ1n) is 24.4. The van der Waals surface area contributed by atoms with Crippen LogP contribution in [0.2, 0.25) is 0 Å². The van der Waals surface area contributed by atoms with Gasteiger partial charge in [-0.05, 0) is 82.5 Å². The van der Waals surface area contributed by atoms with Gasteiger partial charge in [-0.2, -0.15) is 0 Å². The number of hydrazine groups is 1. The Bertz CT molecular complexity index is 2730. The van der Waals surface area contributed by atoms with E-state index in [1.54, 1.807) is 18.1 Å². The summed E-state index contributed by atoms with van der Waals surface area (Å²) in [7, 11) is 3.55. The maximum Gasteiger partial charge on any atom is 0.424 e. The molecule has 1 aliphatic heterocycles. The van der Waals surface area contributed by atoms with Crippen LogP contribution in [0.3, 0.4) is 0 Å². The summed E-state index contributed by atoms with van der Waals surface area (Å²) in [5.74, 6) is -0.0237. The van der Waals surface area contributed by atoms with Crippen LogP contribution < -0.4 is 0 Å². The third-order valence-electron chi connectivity index (χ3n) is 14.1. The Morgan fingerprint density at radius 3 is 1.73 bits per heavy atom. The van der Waals surface area contributed by atoms with Crippen molar-refractivity contribution >= 4 is 34.9 Å². The zero-order valence-corrected chi connectivity index (χ0v) is 40.3. The number of aromatic nitrogens is 2. The van der Waals surface area contributed by atoms with Gasteiger partial charge in [0.1, 0.15) is 24.6 Å². The molecule has 6 aromatic rings. The predicted molar refractivity (Wildman–Crippen MR) is 267 cm³/mol. The fourth-order valence-electron chi connectivity index (χ4n) is 10.3. The Kier molecular flexibility index (Phi) is 15.3. The average Bonchev–Trinajstić information content (AvgIpc) is 4.02. The highest BCUT2D eigenvalue weighted by atomic mass is 16.6. The number of carbonyl (C=O) groups is 4. The van der Waals surface area contributed by atoms with E-state index >= 15 is 0 Å². The molecular weight excluding hydrogens is 885 g/mol. The number of hydrogen-bond acceptors (Lipinski definition) is 10. The highest BCUT2D eigenvalue weighted by Gasteiger charge is 2.34. The largest absolute Gasteiger partial charge is 0.448 e. The van der Waals surface area contributed by atoms with E-state index in [1.165, 1.54) is 23.1 Å². The van der Waals surface area contributed by atoms with Crippen molar-refractivity contribution in [1.82, 2.24) is 29.4 Å². The van der Waals surface area contributed by atoms with Crippen LogP contribution in [0.5, 0.6) is 0 Å². The van der Waals surface area contributed by atoms with E-state index in [0.717, 1.165) is 50.1 Å². The third-order valence-corrected chi connectivity index (χ3v) is 14.1. The number of pyridine rings is 1. The summed E-state index contributed by atoms with van der Waals surface area (Å²) in [6, 6.07) is 38.9. The molecule has 4 aromatic carbocycles. The lowest BCUT2D eigenvalue weighted by Gasteiger charge is -2.38. The first-order valence-corrected chi connectivity index (χ1v) is 24.4. The van der Waals surface area contributed by atoms with Crippen LogP contribution in [0.4, 0.5) is 9.59 Å². The number of ketones is 1. The molecule has 0 spiro atoms. The smallest absolute Gasteiger partial charge is 0.424 e. The van der Waals surface area contributed by atoms with Crippen LogP contribution in [0.25, 0.3) is 33.3 Å². The topological polar surface area (TPSA) is 136 Å². The Balaban J connectivity index is 0.799. The van der Waals surface area contributed by atoms with Gasteiger partial charge in [0.25, 0.3) is 0 Å². The summed E-state index contributed by atoms with van der Waals surface area (Å²) >= 11 is 0. The molecule has 14 heteroatoms. The summed E-state index contributed by atoms with van der Waals surface area (Å²) in [6.07, 6.45) is 2.69. The molecule has 14 nitrogen and oxygen atoms in total. The molecule has 3 aliphatic rings. The molecule has 2 aliphatic carbocycles. The molecular formula is C56H62N6O8. The Morgan fingerprint density at radius 1 is 0.643 bits per heavy atom. The lowest BCUT2D eigenvalue weighted by Crippen LogP contribution is -2.50. The van der Waals surface area contributed by atoms with Crippen molar-refractivity contribution in [3.05, 3.63) is 149 Å². The van der Waals surface area contributed by atoms with Gasteiger partial charge in [-0.25, -0.2) is 24.6 Å². The number of aryl methyl sites for hydroxylation is 1. The van der Waals surface area contributed by atoms with Gasteiger partial charge in [-0.15, -0.1) is 0 Å². The van der Waals surface area contributed by atoms with Crippen molar-refractivity contribution < 1.29 is 38.1 Å². The Labute approximate surface area is 409 Å². The van der Waals surface area contributed by atoms with Gasteiger partial charge in [-0.1, -0.05) is 97.1 Å². The first-order chi connectivity index (χ1) is 34.2. The van der Waals surface area contributed by atoms with E-state index < -0.39 is 12.2 Å². The molecule has 1 saturated heterocycles. The van der Waals surface area contributed by atoms with E-state index in [4.69, 9.17) is 18.9 Å².